The number of rotatable bonds is 5. The molecule has 1 saturated heterocycles. The van der Waals surface area contributed by atoms with Crippen molar-refractivity contribution in [3.8, 4) is 0 Å². The molecule has 2 aromatic rings. The lowest BCUT2D eigenvalue weighted by Gasteiger charge is -2.18. The van der Waals surface area contributed by atoms with Crippen LogP contribution in [-0.2, 0) is 22.8 Å². The number of aromatic nitrogens is 2. The molecule has 0 bridgehead atoms. The summed E-state index contributed by atoms with van der Waals surface area (Å²) in [7, 11) is -3.54. The molecule has 8 heteroatoms. The van der Waals surface area contributed by atoms with Gasteiger partial charge in [-0.05, 0) is 48.8 Å². The molecule has 0 spiro atoms. The molecule has 1 aliphatic heterocycles. The minimum absolute atomic E-state index is 0.0969. The maximum atomic E-state index is 13.1. The molecule has 158 valence electrons. The van der Waals surface area contributed by atoms with E-state index in [-0.39, 0.29) is 16.9 Å². The Morgan fingerprint density at radius 1 is 1.24 bits per heavy atom. The first-order chi connectivity index (χ1) is 13.5. The van der Waals surface area contributed by atoms with Gasteiger partial charge in [0.25, 0.3) is 0 Å². The van der Waals surface area contributed by atoms with Crippen molar-refractivity contribution in [3.05, 3.63) is 24.0 Å². The van der Waals surface area contributed by atoms with Gasteiger partial charge in [0, 0.05) is 26.1 Å². The highest BCUT2D eigenvalue weighted by atomic mass is 32.2. The molecule has 2 N–H and O–H groups in total. The van der Waals surface area contributed by atoms with Crippen molar-refractivity contribution in [2.24, 2.45) is 17.1 Å². The zero-order valence-electron chi connectivity index (χ0n) is 17.4. The first-order valence-electron chi connectivity index (χ1n) is 10.3. The summed E-state index contributed by atoms with van der Waals surface area (Å²) in [5, 5.41) is -0.616. The molecule has 1 aliphatic carbocycles. The minimum atomic E-state index is -3.54. The predicted octanol–water partition coefficient (Wildman–Crippen LogP) is 2.96. The van der Waals surface area contributed by atoms with Crippen LogP contribution in [0, 0.1) is 11.3 Å². The Balaban J connectivity index is 1.69. The van der Waals surface area contributed by atoms with Crippen LogP contribution in [0.1, 0.15) is 45.9 Å². The molecule has 1 aromatic carbocycles. The second-order valence-electron chi connectivity index (χ2n) is 9.71. The van der Waals surface area contributed by atoms with E-state index in [4.69, 9.17) is 10.7 Å². The molecule has 2 aliphatic rings. The van der Waals surface area contributed by atoms with Crippen molar-refractivity contribution in [3.63, 3.8) is 0 Å². The number of carbonyl (C=O) groups excluding carboxylic acids is 1. The van der Waals surface area contributed by atoms with Gasteiger partial charge in [-0.1, -0.05) is 20.8 Å². The maximum absolute atomic E-state index is 13.1. The standard InChI is InChI=1S/C21H30N4O3S/c1-21(2,3)11-19-23-17-10-15(6-7-18(17)25(19)12-14-4-5-14)29(27,28)16-8-9-24(13-16)20(22)26/h6-7,10,14,16H,4-5,8-9,11-13H2,1-3H3,(H2,22,26)/t16-/m1/s1. The molecule has 0 radical (unpaired) electrons. The average molecular weight is 419 g/mol. The molecule has 1 atom stereocenters. The number of benzene rings is 1. The van der Waals surface area contributed by atoms with Gasteiger partial charge in [0.1, 0.15) is 5.82 Å². The molecule has 2 fully saturated rings. The molecule has 29 heavy (non-hydrogen) atoms. The molecule has 4 rings (SSSR count). The Morgan fingerprint density at radius 2 is 1.97 bits per heavy atom. The van der Waals surface area contributed by atoms with E-state index in [0.29, 0.717) is 18.9 Å². The van der Waals surface area contributed by atoms with E-state index >= 15 is 0 Å². The van der Waals surface area contributed by atoms with Gasteiger partial charge >= 0.3 is 6.03 Å². The van der Waals surface area contributed by atoms with E-state index in [2.05, 4.69) is 25.3 Å². The van der Waals surface area contributed by atoms with E-state index in [0.717, 1.165) is 29.8 Å². The van der Waals surface area contributed by atoms with Crippen molar-refractivity contribution in [2.75, 3.05) is 13.1 Å². The molecule has 1 saturated carbocycles. The summed E-state index contributed by atoms with van der Waals surface area (Å²) in [6.45, 7) is 8.05. The number of nitrogens with zero attached hydrogens (tertiary/aromatic N) is 3. The van der Waals surface area contributed by atoms with Gasteiger partial charge < -0.3 is 15.2 Å². The third-order valence-corrected chi connectivity index (χ3v) is 8.02. The Bertz CT molecular complexity index is 1050. The lowest BCUT2D eigenvalue weighted by Crippen LogP contribution is -2.35. The second kappa shape index (κ2) is 7.00. The fourth-order valence-electron chi connectivity index (χ4n) is 4.08. The summed E-state index contributed by atoms with van der Waals surface area (Å²) in [5.74, 6) is 1.72. The lowest BCUT2D eigenvalue weighted by molar-refractivity contribution is 0.218. The lowest BCUT2D eigenvalue weighted by atomic mass is 9.92. The van der Waals surface area contributed by atoms with Crippen molar-refractivity contribution in [1.29, 1.82) is 0 Å². The average Bonchev–Trinajstić information content (AvgIpc) is 3.17. The maximum Gasteiger partial charge on any atom is 0.314 e. The van der Waals surface area contributed by atoms with E-state index in [1.165, 1.54) is 17.7 Å². The monoisotopic (exact) mass is 418 g/mol. The van der Waals surface area contributed by atoms with Crippen LogP contribution >= 0.6 is 0 Å². The van der Waals surface area contributed by atoms with E-state index in [1.807, 2.05) is 6.07 Å². The van der Waals surface area contributed by atoms with Crippen LogP contribution < -0.4 is 5.73 Å². The second-order valence-corrected chi connectivity index (χ2v) is 11.9. The zero-order chi connectivity index (χ0) is 21.0. The van der Waals surface area contributed by atoms with Crippen molar-refractivity contribution in [2.45, 2.75) is 63.1 Å². The third-order valence-electron chi connectivity index (χ3n) is 5.85. The van der Waals surface area contributed by atoms with Gasteiger partial charge in [0.15, 0.2) is 9.84 Å². The number of urea groups is 1. The summed E-state index contributed by atoms with van der Waals surface area (Å²) >= 11 is 0. The van der Waals surface area contributed by atoms with Crippen LogP contribution in [0.3, 0.4) is 0 Å². The molecule has 2 heterocycles. The Labute approximate surface area is 172 Å². The predicted molar refractivity (Wildman–Crippen MR) is 112 cm³/mol. The first-order valence-corrected chi connectivity index (χ1v) is 11.9. The molecule has 7 nitrogen and oxygen atoms in total. The van der Waals surface area contributed by atoms with Gasteiger partial charge in [-0.2, -0.15) is 0 Å². The van der Waals surface area contributed by atoms with E-state index in [1.54, 1.807) is 12.1 Å². The number of amides is 2. The van der Waals surface area contributed by atoms with Gasteiger partial charge in [-0.3, -0.25) is 0 Å². The SMILES string of the molecule is CC(C)(C)Cc1nc2cc(S(=O)(=O)[C@@H]3CCN(C(N)=O)C3)ccc2n1CC1CC1. The van der Waals surface area contributed by atoms with Crippen molar-refractivity contribution < 1.29 is 13.2 Å². The quantitative estimate of drug-likeness (QED) is 0.807. The van der Waals surface area contributed by atoms with Crippen LogP contribution in [0.5, 0.6) is 0 Å². The number of sulfone groups is 1. The highest BCUT2D eigenvalue weighted by Crippen LogP contribution is 2.34. The van der Waals surface area contributed by atoms with E-state index < -0.39 is 21.1 Å². The smallest absolute Gasteiger partial charge is 0.314 e. The summed E-state index contributed by atoms with van der Waals surface area (Å²) in [5.41, 5.74) is 7.14. The minimum Gasteiger partial charge on any atom is -0.351 e. The fraction of sp³-hybridized carbons (Fsp3) is 0.619. The number of carbonyl (C=O) groups is 1. The molecular formula is C21H30N4O3S. The van der Waals surface area contributed by atoms with Crippen LogP contribution in [0.15, 0.2) is 23.1 Å². The number of primary amides is 1. The summed E-state index contributed by atoms with van der Waals surface area (Å²) in [6, 6.07) is 4.72. The molecule has 1 aromatic heterocycles. The van der Waals surface area contributed by atoms with Gasteiger partial charge in [0.05, 0.1) is 21.2 Å². The van der Waals surface area contributed by atoms with Gasteiger partial charge in [0.2, 0.25) is 0 Å². The highest BCUT2D eigenvalue weighted by molar-refractivity contribution is 7.92. The number of fused-ring (bicyclic) bond motifs is 1. The van der Waals surface area contributed by atoms with Crippen LogP contribution in [0.4, 0.5) is 4.79 Å². The van der Waals surface area contributed by atoms with Crippen LogP contribution in [0.25, 0.3) is 11.0 Å². The summed E-state index contributed by atoms with van der Waals surface area (Å²) in [4.78, 5) is 17.9. The number of nitrogens with two attached hydrogens (primary N) is 1. The Hall–Kier alpha value is -2.09. The molecule has 0 unspecified atom stereocenters. The van der Waals surface area contributed by atoms with Crippen LogP contribution in [-0.4, -0.2) is 47.2 Å². The molecule has 2 amide bonds. The van der Waals surface area contributed by atoms with Crippen molar-refractivity contribution >= 4 is 26.9 Å². The van der Waals surface area contributed by atoms with Crippen LogP contribution in [0.2, 0.25) is 0 Å². The Kier molecular flexibility index (Phi) is 4.88. The number of hydrogen-bond donors (Lipinski definition) is 1. The van der Waals surface area contributed by atoms with Crippen molar-refractivity contribution in [1.82, 2.24) is 14.5 Å². The zero-order valence-corrected chi connectivity index (χ0v) is 18.2. The number of likely N-dealkylation sites (tertiary alicyclic amines) is 1. The molecular weight excluding hydrogens is 388 g/mol. The van der Waals surface area contributed by atoms with Gasteiger partial charge in [-0.15, -0.1) is 0 Å². The fourth-order valence-corrected chi connectivity index (χ4v) is 5.79. The number of hydrogen-bond acceptors (Lipinski definition) is 4. The topological polar surface area (TPSA) is 98.3 Å². The normalized spacial score (nSPS) is 20.5. The highest BCUT2D eigenvalue weighted by Gasteiger charge is 2.36. The Morgan fingerprint density at radius 3 is 2.55 bits per heavy atom. The summed E-state index contributed by atoms with van der Waals surface area (Å²) < 4.78 is 28.6. The largest absolute Gasteiger partial charge is 0.351 e. The number of imidazole rings is 1. The van der Waals surface area contributed by atoms with Gasteiger partial charge in [-0.25, -0.2) is 18.2 Å². The van der Waals surface area contributed by atoms with E-state index in [9.17, 15) is 13.2 Å². The first kappa shape index (κ1) is 20.2. The summed E-state index contributed by atoms with van der Waals surface area (Å²) in [6.07, 6.45) is 3.75. The third kappa shape index (κ3) is 4.13.